The minimum atomic E-state index is -3.41. The molecule has 5 heteroatoms. The maximum Gasteiger partial charge on any atom is 0.243 e. The number of sulfonamides is 1. The maximum atomic E-state index is 13.0. The van der Waals surface area contributed by atoms with Gasteiger partial charge in [-0.2, -0.15) is 4.31 Å². The van der Waals surface area contributed by atoms with Gasteiger partial charge in [-0.25, -0.2) is 8.42 Å². The van der Waals surface area contributed by atoms with E-state index in [-0.39, 0.29) is 0 Å². The first-order valence-electron chi connectivity index (χ1n) is 8.65. The van der Waals surface area contributed by atoms with Crippen molar-refractivity contribution in [2.24, 2.45) is 5.92 Å². The fourth-order valence-corrected chi connectivity index (χ4v) is 7.10. The standard InChI is InChI=1S/C19H27NO2SSi/c1-15-8-10-17(11-9-15)23(21,22)20-13-12-16-6-5-7-19(18(16)14-20)24(2,3)4/h5-6,8-11,16H,7,12-14H2,1-4H3. The van der Waals surface area contributed by atoms with E-state index >= 15 is 0 Å². The van der Waals surface area contributed by atoms with Gasteiger partial charge in [0.25, 0.3) is 0 Å². The Morgan fingerprint density at radius 3 is 2.42 bits per heavy atom. The van der Waals surface area contributed by atoms with Crippen molar-refractivity contribution in [3.8, 4) is 0 Å². The fraction of sp³-hybridized carbons (Fsp3) is 0.474. The molecular formula is C19H27NO2SSi. The Hall–Kier alpha value is -1.17. The lowest BCUT2D eigenvalue weighted by Gasteiger charge is -2.38. The van der Waals surface area contributed by atoms with Crippen LogP contribution in [0.25, 0.3) is 0 Å². The molecule has 0 spiro atoms. The number of allylic oxidation sites excluding steroid dienone is 3. The van der Waals surface area contributed by atoms with Gasteiger partial charge in [0.1, 0.15) is 0 Å². The minimum Gasteiger partial charge on any atom is -0.207 e. The lowest BCUT2D eigenvalue weighted by molar-refractivity contribution is 0.362. The van der Waals surface area contributed by atoms with Crippen molar-refractivity contribution in [1.29, 1.82) is 0 Å². The predicted octanol–water partition coefficient (Wildman–Crippen LogP) is 4.14. The van der Waals surface area contributed by atoms with E-state index in [1.165, 1.54) is 5.57 Å². The smallest absolute Gasteiger partial charge is 0.207 e. The molecule has 0 radical (unpaired) electrons. The number of aryl methyl sites for hydroxylation is 1. The molecule has 3 nitrogen and oxygen atoms in total. The highest BCUT2D eigenvalue weighted by atomic mass is 32.2. The van der Waals surface area contributed by atoms with E-state index in [1.54, 1.807) is 21.6 Å². The highest BCUT2D eigenvalue weighted by molar-refractivity contribution is 7.89. The number of hydrogen-bond donors (Lipinski definition) is 0. The van der Waals surface area contributed by atoms with E-state index in [2.05, 4.69) is 31.8 Å². The molecular weight excluding hydrogens is 334 g/mol. The molecule has 1 aromatic rings. The summed E-state index contributed by atoms with van der Waals surface area (Å²) in [6.07, 6.45) is 6.46. The molecule has 2 aliphatic rings. The van der Waals surface area contributed by atoms with Crippen LogP contribution in [0.4, 0.5) is 0 Å². The van der Waals surface area contributed by atoms with Gasteiger partial charge in [0.05, 0.1) is 13.0 Å². The second-order valence-corrected chi connectivity index (χ2v) is 15.0. The Kier molecular flexibility index (Phi) is 4.62. The first-order chi connectivity index (χ1) is 11.2. The van der Waals surface area contributed by atoms with Gasteiger partial charge in [-0.3, -0.25) is 0 Å². The van der Waals surface area contributed by atoms with Crippen LogP contribution in [-0.2, 0) is 10.0 Å². The predicted molar refractivity (Wildman–Crippen MR) is 102 cm³/mol. The molecule has 130 valence electrons. The van der Waals surface area contributed by atoms with Crippen molar-refractivity contribution in [2.75, 3.05) is 13.1 Å². The second kappa shape index (κ2) is 6.28. The zero-order valence-corrected chi connectivity index (χ0v) is 16.9. The zero-order chi connectivity index (χ0) is 17.5. The summed E-state index contributed by atoms with van der Waals surface area (Å²) >= 11 is 0. The lowest BCUT2D eigenvalue weighted by atomic mass is 9.88. The van der Waals surface area contributed by atoms with Gasteiger partial charge in [-0.1, -0.05) is 60.3 Å². The minimum absolute atomic E-state index is 0.410. The summed E-state index contributed by atoms with van der Waals surface area (Å²) in [6.45, 7) is 10.2. The summed E-state index contributed by atoms with van der Waals surface area (Å²) in [5.74, 6) is 0.435. The van der Waals surface area contributed by atoms with Crippen molar-refractivity contribution in [1.82, 2.24) is 4.31 Å². The Morgan fingerprint density at radius 1 is 1.12 bits per heavy atom. The molecule has 3 rings (SSSR count). The van der Waals surface area contributed by atoms with E-state index in [1.807, 2.05) is 19.1 Å². The van der Waals surface area contributed by atoms with Crippen LogP contribution in [0, 0.1) is 12.8 Å². The largest absolute Gasteiger partial charge is 0.243 e. The van der Waals surface area contributed by atoms with Crippen LogP contribution in [0.3, 0.4) is 0 Å². The van der Waals surface area contributed by atoms with Gasteiger partial charge in [-0.05, 0) is 31.9 Å². The van der Waals surface area contributed by atoms with Crippen molar-refractivity contribution in [2.45, 2.75) is 44.3 Å². The van der Waals surface area contributed by atoms with Crippen LogP contribution in [0.15, 0.2) is 52.1 Å². The molecule has 1 fully saturated rings. The molecule has 1 saturated heterocycles. The third kappa shape index (κ3) is 3.30. The third-order valence-corrected chi connectivity index (χ3v) is 9.32. The highest BCUT2D eigenvalue weighted by Gasteiger charge is 2.36. The van der Waals surface area contributed by atoms with Gasteiger partial charge in [0.2, 0.25) is 10.0 Å². The molecule has 0 amide bonds. The monoisotopic (exact) mass is 361 g/mol. The lowest BCUT2D eigenvalue weighted by Crippen LogP contribution is -2.42. The van der Waals surface area contributed by atoms with Crippen molar-refractivity contribution in [3.63, 3.8) is 0 Å². The molecule has 24 heavy (non-hydrogen) atoms. The second-order valence-electron chi connectivity index (χ2n) is 7.93. The Morgan fingerprint density at radius 2 is 1.79 bits per heavy atom. The number of nitrogens with zero attached hydrogens (tertiary/aromatic N) is 1. The Bertz CT molecular complexity index is 786. The van der Waals surface area contributed by atoms with Crippen LogP contribution in [0.2, 0.25) is 19.6 Å². The zero-order valence-electron chi connectivity index (χ0n) is 15.0. The van der Waals surface area contributed by atoms with Crippen molar-refractivity contribution in [3.05, 3.63) is 52.8 Å². The maximum absolute atomic E-state index is 13.0. The topological polar surface area (TPSA) is 37.4 Å². The molecule has 1 aliphatic heterocycles. The Labute approximate surface area is 147 Å². The van der Waals surface area contributed by atoms with E-state index in [0.717, 1.165) is 18.4 Å². The van der Waals surface area contributed by atoms with Crippen LogP contribution in [0.5, 0.6) is 0 Å². The fourth-order valence-electron chi connectivity index (χ4n) is 3.71. The SMILES string of the molecule is Cc1ccc(S(=O)(=O)N2CCC3C=CCC([Si](C)(C)C)=C3C2)cc1. The van der Waals surface area contributed by atoms with Crippen LogP contribution < -0.4 is 0 Å². The summed E-state index contributed by atoms with van der Waals surface area (Å²) in [4.78, 5) is 0.410. The van der Waals surface area contributed by atoms with E-state index in [9.17, 15) is 8.42 Å². The number of fused-ring (bicyclic) bond motifs is 1. The summed E-state index contributed by atoms with van der Waals surface area (Å²) in [5.41, 5.74) is 2.45. The van der Waals surface area contributed by atoms with Crippen molar-refractivity contribution < 1.29 is 8.42 Å². The summed E-state index contributed by atoms with van der Waals surface area (Å²) < 4.78 is 27.7. The number of benzene rings is 1. The summed E-state index contributed by atoms with van der Waals surface area (Å²) in [5, 5.41) is 1.54. The van der Waals surface area contributed by atoms with Crippen molar-refractivity contribution >= 4 is 18.1 Å². The van der Waals surface area contributed by atoms with Gasteiger partial charge < -0.3 is 0 Å². The molecule has 0 saturated carbocycles. The molecule has 1 atom stereocenters. The average molecular weight is 362 g/mol. The number of piperidine rings is 1. The molecule has 0 N–H and O–H groups in total. The van der Waals surface area contributed by atoms with Gasteiger partial charge in [0, 0.05) is 19.0 Å². The first kappa shape index (κ1) is 17.6. The summed E-state index contributed by atoms with van der Waals surface area (Å²) in [6, 6.07) is 7.20. The molecule has 0 aromatic heterocycles. The quantitative estimate of drug-likeness (QED) is 0.599. The molecule has 1 unspecified atom stereocenters. The van der Waals surface area contributed by atoms with Gasteiger partial charge in [-0.15, -0.1) is 0 Å². The van der Waals surface area contributed by atoms with Gasteiger partial charge >= 0.3 is 0 Å². The average Bonchev–Trinajstić information content (AvgIpc) is 2.53. The Balaban J connectivity index is 1.94. The molecule has 1 aliphatic carbocycles. The first-order valence-corrected chi connectivity index (χ1v) is 13.6. The van der Waals surface area contributed by atoms with E-state index in [4.69, 9.17) is 0 Å². The van der Waals surface area contributed by atoms with Crippen LogP contribution in [0.1, 0.15) is 18.4 Å². The number of hydrogen-bond acceptors (Lipinski definition) is 2. The van der Waals surface area contributed by atoms with Gasteiger partial charge in [0.15, 0.2) is 0 Å². The van der Waals surface area contributed by atoms with E-state index in [0.29, 0.717) is 23.9 Å². The van der Waals surface area contributed by atoms with E-state index < -0.39 is 18.1 Å². The number of rotatable bonds is 3. The molecule has 0 bridgehead atoms. The third-order valence-electron chi connectivity index (χ3n) is 5.13. The molecule has 1 aromatic carbocycles. The highest BCUT2D eigenvalue weighted by Crippen LogP contribution is 2.37. The van der Waals surface area contributed by atoms with Crippen LogP contribution in [-0.4, -0.2) is 33.9 Å². The summed E-state index contributed by atoms with van der Waals surface area (Å²) in [7, 11) is -4.84. The molecule has 1 heterocycles. The normalized spacial score (nSPS) is 22.6. The van der Waals surface area contributed by atoms with Crippen LogP contribution >= 0.6 is 0 Å².